The molecule has 1 aromatic rings. The number of rotatable bonds is 8. The van der Waals surface area contributed by atoms with Gasteiger partial charge in [0, 0.05) is 26.2 Å². The Bertz CT molecular complexity index is 464. The molecule has 5 heteroatoms. The van der Waals surface area contributed by atoms with Crippen LogP contribution in [0.1, 0.15) is 32.3 Å². The lowest BCUT2D eigenvalue weighted by Crippen LogP contribution is -2.38. The van der Waals surface area contributed by atoms with Crippen molar-refractivity contribution in [1.82, 2.24) is 15.5 Å². The number of aryl methyl sites for hydroxylation is 1. The van der Waals surface area contributed by atoms with Gasteiger partial charge in [0.15, 0.2) is 5.96 Å². The van der Waals surface area contributed by atoms with E-state index >= 15 is 0 Å². The van der Waals surface area contributed by atoms with E-state index in [1.165, 1.54) is 25.1 Å². The van der Waals surface area contributed by atoms with Gasteiger partial charge < -0.3 is 15.5 Å². The fourth-order valence-corrected chi connectivity index (χ4v) is 3.06. The maximum atomic E-state index is 4.78. The van der Waals surface area contributed by atoms with Crippen molar-refractivity contribution in [2.75, 3.05) is 39.3 Å². The van der Waals surface area contributed by atoms with E-state index in [1.54, 1.807) is 0 Å². The van der Waals surface area contributed by atoms with E-state index in [2.05, 4.69) is 59.7 Å². The van der Waals surface area contributed by atoms with E-state index in [1.807, 2.05) is 0 Å². The highest BCUT2D eigenvalue weighted by Crippen LogP contribution is 2.15. The summed E-state index contributed by atoms with van der Waals surface area (Å²) in [6.07, 6.45) is 3.52. The molecule has 0 bridgehead atoms. The molecule has 0 spiro atoms. The second-order valence-electron chi connectivity index (χ2n) is 6.28. The lowest BCUT2D eigenvalue weighted by Gasteiger charge is -2.14. The van der Waals surface area contributed by atoms with Gasteiger partial charge in [-0.1, -0.05) is 37.3 Å². The van der Waals surface area contributed by atoms with Crippen molar-refractivity contribution in [1.29, 1.82) is 0 Å². The van der Waals surface area contributed by atoms with Gasteiger partial charge in [0.05, 0.1) is 0 Å². The van der Waals surface area contributed by atoms with Crippen molar-refractivity contribution in [3.63, 3.8) is 0 Å². The van der Waals surface area contributed by atoms with Crippen LogP contribution in [0, 0.1) is 5.92 Å². The highest BCUT2D eigenvalue weighted by Gasteiger charge is 2.20. The number of benzene rings is 1. The molecule has 1 aliphatic rings. The van der Waals surface area contributed by atoms with Gasteiger partial charge in [0.1, 0.15) is 0 Å². The van der Waals surface area contributed by atoms with E-state index in [0.717, 1.165) is 50.9 Å². The summed E-state index contributed by atoms with van der Waals surface area (Å²) in [5, 5.41) is 6.82. The van der Waals surface area contributed by atoms with Crippen LogP contribution in [0.2, 0.25) is 0 Å². The topological polar surface area (TPSA) is 39.7 Å². The Morgan fingerprint density at radius 2 is 2.00 bits per heavy atom. The van der Waals surface area contributed by atoms with E-state index in [4.69, 9.17) is 4.99 Å². The Morgan fingerprint density at radius 3 is 2.67 bits per heavy atom. The molecule has 1 heterocycles. The minimum Gasteiger partial charge on any atom is -0.357 e. The maximum Gasteiger partial charge on any atom is 0.191 e. The Balaban J connectivity index is 0.00000288. The normalized spacial score (nSPS) is 18.2. The zero-order valence-corrected chi connectivity index (χ0v) is 17.5. The number of hydrogen-bond acceptors (Lipinski definition) is 2. The summed E-state index contributed by atoms with van der Waals surface area (Å²) in [5.41, 5.74) is 1.40. The van der Waals surface area contributed by atoms with Gasteiger partial charge in [0.2, 0.25) is 0 Å². The number of nitrogens with zero attached hydrogens (tertiary/aromatic N) is 2. The number of hydrogen-bond donors (Lipinski definition) is 2. The first-order chi connectivity index (χ1) is 11.3. The maximum absolute atomic E-state index is 4.78. The predicted molar refractivity (Wildman–Crippen MR) is 114 cm³/mol. The van der Waals surface area contributed by atoms with Crippen LogP contribution in [0.5, 0.6) is 0 Å². The zero-order chi connectivity index (χ0) is 16.3. The molecule has 0 aromatic heterocycles. The molecule has 136 valence electrons. The molecule has 0 radical (unpaired) electrons. The van der Waals surface area contributed by atoms with Gasteiger partial charge in [-0.3, -0.25) is 4.99 Å². The Kier molecular flexibility index (Phi) is 11.1. The first kappa shape index (κ1) is 21.2. The van der Waals surface area contributed by atoms with Crippen LogP contribution in [-0.4, -0.2) is 50.1 Å². The van der Waals surface area contributed by atoms with Crippen LogP contribution in [0.15, 0.2) is 35.3 Å². The zero-order valence-electron chi connectivity index (χ0n) is 15.1. The average Bonchev–Trinajstić information content (AvgIpc) is 3.05. The third-order valence-corrected chi connectivity index (χ3v) is 4.45. The van der Waals surface area contributed by atoms with E-state index in [9.17, 15) is 0 Å². The highest BCUT2D eigenvalue weighted by atomic mass is 127. The van der Waals surface area contributed by atoms with Crippen LogP contribution < -0.4 is 10.6 Å². The number of guanidine groups is 1. The summed E-state index contributed by atoms with van der Waals surface area (Å²) < 4.78 is 0. The Hall–Kier alpha value is -0.820. The molecule has 1 saturated heterocycles. The number of nitrogens with one attached hydrogen (secondary N) is 2. The van der Waals surface area contributed by atoms with E-state index < -0.39 is 0 Å². The fourth-order valence-electron chi connectivity index (χ4n) is 3.06. The van der Waals surface area contributed by atoms with E-state index in [0.29, 0.717) is 0 Å². The van der Waals surface area contributed by atoms with Crippen LogP contribution in [-0.2, 0) is 6.42 Å². The number of aliphatic imine (C=N–C) groups is 1. The van der Waals surface area contributed by atoms with Gasteiger partial charge >= 0.3 is 0 Å². The van der Waals surface area contributed by atoms with Crippen LogP contribution >= 0.6 is 24.0 Å². The lowest BCUT2D eigenvalue weighted by molar-refractivity contribution is 0.343. The van der Waals surface area contributed by atoms with Crippen LogP contribution in [0.3, 0.4) is 0 Å². The quantitative estimate of drug-likeness (QED) is 0.280. The van der Waals surface area contributed by atoms with Gasteiger partial charge in [-0.15, -0.1) is 24.0 Å². The molecule has 1 atom stereocenters. The minimum absolute atomic E-state index is 0. The van der Waals surface area contributed by atoms with Crippen molar-refractivity contribution >= 4 is 29.9 Å². The molecule has 2 N–H and O–H groups in total. The van der Waals surface area contributed by atoms with Crippen molar-refractivity contribution in [2.45, 2.75) is 33.1 Å². The summed E-state index contributed by atoms with van der Waals surface area (Å²) in [5.74, 6) is 1.69. The summed E-state index contributed by atoms with van der Waals surface area (Å²) >= 11 is 0. The Labute approximate surface area is 164 Å². The molecule has 0 aliphatic carbocycles. The van der Waals surface area contributed by atoms with Crippen LogP contribution in [0.25, 0.3) is 0 Å². The fraction of sp³-hybridized carbons (Fsp3) is 0.632. The molecule has 1 fully saturated rings. The van der Waals surface area contributed by atoms with Crippen LogP contribution in [0.4, 0.5) is 0 Å². The highest BCUT2D eigenvalue weighted by molar-refractivity contribution is 14.0. The lowest BCUT2D eigenvalue weighted by atomic mass is 10.1. The predicted octanol–water partition coefficient (Wildman–Crippen LogP) is 3.13. The third kappa shape index (κ3) is 7.83. The molecule has 24 heavy (non-hydrogen) atoms. The molecule has 0 saturated carbocycles. The van der Waals surface area contributed by atoms with Gasteiger partial charge in [-0.05, 0) is 50.8 Å². The van der Waals surface area contributed by atoms with Gasteiger partial charge in [-0.25, -0.2) is 0 Å². The smallest absolute Gasteiger partial charge is 0.191 e. The SMILES string of the molecule is CCNC(=NCC1CCN(CC)C1)NCCCc1ccccc1.I. The van der Waals surface area contributed by atoms with Gasteiger partial charge in [-0.2, -0.15) is 0 Å². The van der Waals surface area contributed by atoms with Gasteiger partial charge in [0.25, 0.3) is 0 Å². The second kappa shape index (κ2) is 12.5. The summed E-state index contributed by atoms with van der Waals surface area (Å²) in [7, 11) is 0. The minimum atomic E-state index is 0. The van der Waals surface area contributed by atoms with E-state index in [-0.39, 0.29) is 24.0 Å². The molecule has 1 aliphatic heterocycles. The molecule has 0 amide bonds. The molecule has 1 unspecified atom stereocenters. The second-order valence-corrected chi connectivity index (χ2v) is 6.28. The number of likely N-dealkylation sites (tertiary alicyclic amines) is 1. The van der Waals surface area contributed by atoms with Crippen molar-refractivity contribution in [2.24, 2.45) is 10.9 Å². The van der Waals surface area contributed by atoms with Crippen molar-refractivity contribution < 1.29 is 0 Å². The molecule has 2 rings (SSSR count). The summed E-state index contributed by atoms with van der Waals surface area (Å²) in [4.78, 5) is 7.29. The molecule has 1 aromatic carbocycles. The number of halogens is 1. The third-order valence-electron chi connectivity index (χ3n) is 4.45. The summed E-state index contributed by atoms with van der Waals surface area (Å²) in [6, 6.07) is 10.7. The molecular weight excluding hydrogens is 411 g/mol. The first-order valence-electron chi connectivity index (χ1n) is 9.10. The largest absolute Gasteiger partial charge is 0.357 e. The average molecular weight is 444 g/mol. The van der Waals surface area contributed by atoms with Crippen molar-refractivity contribution in [3.05, 3.63) is 35.9 Å². The monoisotopic (exact) mass is 444 g/mol. The molecular formula is C19H33IN4. The summed E-state index contributed by atoms with van der Waals surface area (Å²) in [6.45, 7) is 10.8. The Morgan fingerprint density at radius 1 is 1.21 bits per heavy atom. The molecule has 4 nitrogen and oxygen atoms in total. The van der Waals surface area contributed by atoms with Crippen molar-refractivity contribution in [3.8, 4) is 0 Å². The standard InChI is InChI=1S/C19H32N4.HI/c1-3-20-19(22-15-18-12-14-23(4-2)16-18)21-13-8-11-17-9-6-5-7-10-17;/h5-7,9-10,18H,3-4,8,11-16H2,1-2H3,(H2,20,21,22);1H. The first-order valence-corrected chi connectivity index (χ1v) is 9.10.